The fourth-order valence-corrected chi connectivity index (χ4v) is 1.34. The van der Waals surface area contributed by atoms with Crippen LogP contribution < -0.4 is 4.57 Å². The molecule has 1 aromatic carbocycles. The van der Waals surface area contributed by atoms with Gasteiger partial charge in [-0.25, -0.2) is 0 Å². The van der Waals surface area contributed by atoms with Gasteiger partial charge in [0.25, 0.3) is 0 Å². The second-order valence-corrected chi connectivity index (χ2v) is 2.66. The minimum atomic E-state index is 1.19. The fraction of sp³-hybridized carbons (Fsp3) is 0. The number of benzene rings is 1. The second kappa shape index (κ2) is 2.78. The van der Waals surface area contributed by atoms with Gasteiger partial charge in [0.1, 0.15) is 0 Å². The van der Waals surface area contributed by atoms with E-state index in [1.165, 1.54) is 10.9 Å². The highest BCUT2D eigenvalue weighted by atomic mass is 14.9. The van der Waals surface area contributed by atoms with Crippen molar-refractivity contribution in [3.05, 3.63) is 49.2 Å². The number of hydrogen-bond donors (Lipinski definition) is 0. The van der Waals surface area contributed by atoms with Crippen LogP contribution in [0.4, 0.5) is 0 Å². The first kappa shape index (κ1) is 7.04. The second-order valence-electron chi connectivity index (χ2n) is 2.66. The zero-order chi connectivity index (χ0) is 8.39. The van der Waals surface area contributed by atoms with Crippen molar-refractivity contribution in [2.75, 3.05) is 0 Å². The van der Waals surface area contributed by atoms with Crippen LogP contribution in [0.1, 0.15) is 0 Å². The molecule has 58 valence electrons. The van der Waals surface area contributed by atoms with E-state index >= 15 is 0 Å². The SMILES string of the molecule is C=C[n+]1cccc2ccccc21. The van der Waals surface area contributed by atoms with Crippen molar-refractivity contribution in [3.63, 3.8) is 0 Å². The third-order valence-electron chi connectivity index (χ3n) is 1.93. The summed E-state index contributed by atoms with van der Waals surface area (Å²) in [7, 11) is 0. The number of pyridine rings is 1. The Labute approximate surface area is 71.6 Å². The first-order chi connectivity index (χ1) is 5.92. The third-order valence-corrected chi connectivity index (χ3v) is 1.93. The van der Waals surface area contributed by atoms with Gasteiger partial charge in [0.2, 0.25) is 5.52 Å². The number of rotatable bonds is 1. The summed E-state index contributed by atoms with van der Waals surface area (Å²) in [6.07, 6.45) is 3.80. The summed E-state index contributed by atoms with van der Waals surface area (Å²) >= 11 is 0. The van der Waals surface area contributed by atoms with Gasteiger partial charge < -0.3 is 0 Å². The van der Waals surface area contributed by atoms with Gasteiger partial charge in [0.15, 0.2) is 12.4 Å². The van der Waals surface area contributed by atoms with E-state index in [0.717, 1.165) is 0 Å². The maximum atomic E-state index is 3.74. The van der Waals surface area contributed by atoms with Crippen molar-refractivity contribution >= 4 is 17.1 Å². The quantitative estimate of drug-likeness (QED) is 0.557. The van der Waals surface area contributed by atoms with Crippen LogP contribution >= 0.6 is 0 Å². The van der Waals surface area contributed by atoms with Crippen molar-refractivity contribution in [2.45, 2.75) is 0 Å². The summed E-state index contributed by atoms with van der Waals surface area (Å²) < 4.78 is 2.01. The van der Waals surface area contributed by atoms with Gasteiger partial charge in [-0.1, -0.05) is 12.1 Å². The van der Waals surface area contributed by atoms with E-state index in [0.29, 0.717) is 0 Å². The molecule has 0 atom stereocenters. The van der Waals surface area contributed by atoms with Crippen molar-refractivity contribution in [2.24, 2.45) is 0 Å². The Morgan fingerprint density at radius 2 is 1.83 bits per heavy atom. The third kappa shape index (κ3) is 0.996. The van der Waals surface area contributed by atoms with E-state index < -0.39 is 0 Å². The molecule has 0 aliphatic carbocycles. The van der Waals surface area contributed by atoms with Gasteiger partial charge >= 0.3 is 0 Å². The van der Waals surface area contributed by atoms with Crippen molar-refractivity contribution in [1.29, 1.82) is 0 Å². The molecule has 2 aromatic rings. The van der Waals surface area contributed by atoms with Crippen LogP contribution in [0, 0.1) is 0 Å². The van der Waals surface area contributed by atoms with E-state index in [2.05, 4.69) is 24.8 Å². The molecule has 1 heterocycles. The molecule has 0 bridgehead atoms. The molecular weight excluding hydrogens is 146 g/mol. The van der Waals surface area contributed by atoms with Gasteiger partial charge in [0.05, 0.1) is 0 Å². The molecule has 0 unspecified atom stereocenters. The van der Waals surface area contributed by atoms with Crippen LogP contribution in [0.15, 0.2) is 49.2 Å². The highest BCUT2D eigenvalue weighted by Crippen LogP contribution is 2.07. The lowest BCUT2D eigenvalue weighted by atomic mass is 10.2. The van der Waals surface area contributed by atoms with E-state index in [9.17, 15) is 0 Å². The van der Waals surface area contributed by atoms with Crippen molar-refractivity contribution < 1.29 is 4.57 Å². The summed E-state index contributed by atoms with van der Waals surface area (Å²) in [4.78, 5) is 0. The minimum absolute atomic E-state index is 1.19. The Balaban J connectivity index is 2.88. The zero-order valence-corrected chi connectivity index (χ0v) is 6.77. The minimum Gasteiger partial charge on any atom is -0.167 e. The smallest absolute Gasteiger partial charge is 0.167 e. The molecule has 0 spiro atoms. The number of para-hydroxylation sites is 1. The molecule has 0 amide bonds. The Bertz CT molecular complexity index is 413. The fourth-order valence-electron chi connectivity index (χ4n) is 1.34. The lowest BCUT2D eigenvalue weighted by Crippen LogP contribution is -2.25. The molecule has 1 heteroatoms. The van der Waals surface area contributed by atoms with E-state index in [-0.39, 0.29) is 0 Å². The van der Waals surface area contributed by atoms with Crippen molar-refractivity contribution in [1.82, 2.24) is 0 Å². The van der Waals surface area contributed by atoms with Crippen LogP contribution in [0.5, 0.6) is 0 Å². The maximum absolute atomic E-state index is 3.74. The highest BCUT2D eigenvalue weighted by Gasteiger charge is 2.01. The predicted octanol–water partition coefficient (Wildman–Crippen LogP) is 2.23. The number of hydrogen-bond acceptors (Lipinski definition) is 0. The zero-order valence-electron chi connectivity index (χ0n) is 6.77. The predicted molar refractivity (Wildman–Crippen MR) is 50.5 cm³/mol. The lowest BCUT2D eigenvalue weighted by molar-refractivity contribution is -0.538. The Morgan fingerprint density at radius 1 is 1.08 bits per heavy atom. The number of fused-ring (bicyclic) bond motifs is 1. The van der Waals surface area contributed by atoms with Crippen LogP contribution in [0.3, 0.4) is 0 Å². The van der Waals surface area contributed by atoms with Gasteiger partial charge in [-0.05, 0) is 18.7 Å². The van der Waals surface area contributed by atoms with Crippen LogP contribution in [-0.2, 0) is 0 Å². The van der Waals surface area contributed by atoms with Crippen LogP contribution in [0.2, 0.25) is 0 Å². The molecule has 0 N–H and O–H groups in total. The average molecular weight is 156 g/mol. The Hall–Kier alpha value is -1.63. The van der Waals surface area contributed by atoms with Gasteiger partial charge in [0, 0.05) is 17.5 Å². The summed E-state index contributed by atoms with van der Waals surface area (Å²) in [5.74, 6) is 0. The van der Waals surface area contributed by atoms with E-state index in [1.54, 1.807) is 0 Å². The summed E-state index contributed by atoms with van der Waals surface area (Å²) in [6, 6.07) is 12.4. The molecule has 0 aliphatic heterocycles. The van der Waals surface area contributed by atoms with Crippen molar-refractivity contribution in [3.8, 4) is 0 Å². The van der Waals surface area contributed by atoms with Crippen LogP contribution in [0.25, 0.3) is 17.1 Å². The standard InChI is InChI=1S/C11H10N/c1-2-12-9-5-7-10-6-3-4-8-11(10)12/h2-9H,1H2/q+1. The molecule has 0 saturated carbocycles. The molecule has 1 aromatic heterocycles. The van der Waals surface area contributed by atoms with E-state index in [4.69, 9.17) is 0 Å². The van der Waals surface area contributed by atoms with E-state index in [1.807, 2.05) is 35.2 Å². The first-order valence-electron chi connectivity index (χ1n) is 3.93. The first-order valence-corrected chi connectivity index (χ1v) is 3.93. The molecular formula is C11H10N+. The molecule has 2 rings (SSSR count). The summed E-state index contributed by atoms with van der Waals surface area (Å²) in [6.45, 7) is 3.74. The molecule has 0 radical (unpaired) electrons. The molecule has 0 fully saturated rings. The maximum Gasteiger partial charge on any atom is 0.217 e. The lowest BCUT2D eigenvalue weighted by Gasteiger charge is -1.93. The van der Waals surface area contributed by atoms with Crippen LogP contribution in [-0.4, -0.2) is 0 Å². The highest BCUT2D eigenvalue weighted by molar-refractivity contribution is 5.75. The molecule has 0 aliphatic rings. The Kier molecular flexibility index (Phi) is 1.63. The monoisotopic (exact) mass is 156 g/mol. The van der Waals surface area contributed by atoms with Gasteiger partial charge in [-0.3, -0.25) is 0 Å². The molecule has 1 nitrogen and oxygen atoms in total. The largest absolute Gasteiger partial charge is 0.217 e. The molecule has 12 heavy (non-hydrogen) atoms. The normalized spacial score (nSPS) is 10.0. The summed E-state index contributed by atoms with van der Waals surface area (Å²) in [5.41, 5.74) is 1.19. The van der Waals surface area contributed by atoms with Gasteiger partial charge in [-0.15, -0.1) is 0 Å². The Morgan fingerprint density at radius 3 is 2.67 bits per heavy atom. The van der Waals surface area contributed by atoms with Gasteiger partial charge in [-0.2, -0.15) is 4.57 Å². The number of aromatic nitrogens is 1. The molecule has 0 saturated heterocycles. The topological polar surface area (TPSA) is 3.88 Å². The summed E-state index contributed by atoms with van der Waals surface area (Å²) in [5, 5.41) is 1.24. The average Bonchev–Trinajstić information content (AvgIpc) is 2.17. The number of nitrogens with zero attached hydrogens (tertiary/aromatic N) is 1.